The molecule has 1 aliphatic carbocycles. The third kappa shape index (κ3) is 2.51. The number of hydrogen-bond acceptors (Lipinski definition) is 3. The van der Waals surface area contributed by atoms with E-state index in [0.29, 0.717) is 18.0 Å². The number of carbonyl (C=O) groups excluding carboxylic acids is 1. The Morgan fingerprint density at radius 1 is 1.30 bits per heavy atom. The lowest BCUT2D eigenvalue weighted by molar-refractivity contribution is 0.0948. The van der Waals surface area contributed by atoms with E-state index in [0.717, 1.165) is 23.7 Å². The molecule has 2 unspecified atom stereocenters. The number of rotatable bonds is 3. The van der Waals surface area contributed by atoms with Crippen molar-refractivity contribution in [3.8, 4) is 0 Å². The number of hydrogen-bond donors (Lipinski definition) is 2. The van der Waals surface area contributed by atoms with Gasteiger partial charge in [0.05, 0.1) is 5.52 Å². The highest BCUT2D eigenvalue weighted by molar-refractivity contribution is 6.06. The fourth-order valence-corrected chi connectivity index (χ4v) is 2.94. The van der Waals surface area contributed by atoms with Gasteiger partial charge in [0.1, 0.15) is 0 Å². The average Bonchev–Trinajstić information content (AvgIpc) is 2.89. The SMILES string of the molecule is NC1CCCC1CNC(=O)c1cccc2ncccc12. The third-order valence-corrected chi connectivity index (χ3v) is 4.13. The second kappa shape index (κ2) is 5.59. The number of pyridine rings is 1. The number of nitrogens with one attached hydrogen (secondary N) is 1. The molecule has 2 atom stereocenters. The van der Waals surface area contributed by atoms with Crippen LogP contribution in [0.2, 0.25) is 0 Å². The molecule has 0 saturated heterocycles. The van der Waals surface area contributed by atoms with Crippen LogP contribution in [0.3, 0.4) is 0 Å². The number of carbonyl (C=O) groups is 1. The average molecular weight is 269 g/mol. The minimum atomic E-state index is -0.0392. The van der Waals surface area contributed by atoms with Gasteiger partial charge in [-0.3, -0.25) is 9.78 Å². The number of benzene rings is 1. The van der Waals surface area contributed by atoms with E-state index in [9.17, 15) is 4.79 Å². The van der Waals surface area contributed by atoms with Gasteiger partial charge in [-0.1, -0.05) is 18.6 Å². The molecule has 2 aromatic rings. The lowest BCUT2D eigenvalue weighted by Crippen LogP contribution is -2.36. The molecule has 1 aromatic carbocycles. The molecule has 1 aliphatic rings. The van der Waals surface area contributed by atoms with Gasteiger partial charge in [0.2, 0.25) is 0 Å². The summed E-state index contributed by atoms with van der Waals surface area (Å²) in [6.07, 6.45) is 5.08. The van der Waals surface area contributed by atoms with Gasteiger partial charge in [0.15, 0.2) is 0 Å². The Labute approximate surface area is 118 Å². The van der Waals surface area contributed by atoms with Gasteiger partial charge in [0.25, 0.3) is 5.91 Å². The summed E-state index contributed by atoms with van der Waals surface area (Å²) in [5, 5.41) is 3.91. The first kappa shape index (κ1) is 13.1. The van der Waals surface area contributed by atoms with E-state index in [-0.39, 0.29) is 11.9 Å². The summed E-state index contributed by atoms with van der Waals surface area (Å²) < 4.78 is 0. The van der Waals surface area contributed by atoms with Crippen LogP contribution in [0.4, 0.5) is 0 Å². The maximum Gasteiger partial charge on any atom is 0.251 e. The van der Waals surface area contributed by atoms with Crippen molar-refractivity contribution >= 4 is 16.8 Å². The zero-order valence-electron chi connectivity index (χ0n) is 11.4. The standard InChI is InChI=1S/C16H19N3O/c17-14-7-1-4-11(14)10-19-16(20)13-5-2-8-15-12(13)6-3-9-18-15/h2-3,5-6,8-9,11,14H,1,4,7,10,17H2,(H,19,20). The van der Waals surface area contributed by atoms with E-state index in [2.05, 4.69) is 10.3 Å². The van der Waals surface area contributed by atoms with Crippen LogP contribution in [0.1, 0.15) is 29.6 Å². The van der Waals surface area contributed by atoms with Crippen LogP contribution < -0.4 is 11.1 Å². The van der Waals surface area contributed by atoms with Crippen molar-refractivity contribution in [2.24, 2.45) is 11.7 Å². The first-order valence-electron chi connectivity index (χ1n) is 7.13. The molecule has 4 heteroatoms. The first-order valence-corrected chi connectivity index (χ1v) is 7.13. The van der Waals surface area contributed by atoms with Gasteiger partial charge in [-0.15, -0.1) is 0 Å². The maximum atomic E-state index is 12.3. The number of nitrogens with zero attached hydrogens (tertiary/aromatic N) is 1. The topological polar surface area (TPSA) is 68.0 Å². The number of aromatic nitrogens is 1. The van der Waals surface area contributed by atoms with Crippen LogP contribution in [-0.4, -0.2) is 23.5 Å². The maximum absolute atomic E-state index is 12.3. The second-order valence-electron chi connectivity index (χ2n) is 5.44. The molecule has 104 valence electrons. The smallest absolute Gasteiger partial charge is 0.251 e. The van der Waals surface area contributed by atoms with Crippen LogP contribution in [0.15, 0.2) is 36.5 Å². The molecule has 0 spiro atoms. The highest BCUT2D eigenvalue weighted by Crippen LogP contribution is 2.23. The molecule has 1 saturated carbocycles. The Balaban J connectivity index is 1.75. The van der Waals surface area contributed by atoms with Crippen molar-refractivity contribution in [1.82, 2.24) is 10.3 Å². The molecule has 1 aromatic heterocycles. The molecule has 4 nitrogen and oxygen atoms in total. The lowest BCUT2D eigenvalue weighted by atomic mass is 10.0. The van der Waals surface area contributed by atoms with Crippen LogP contribution in [0.5, 0.6) is 0 Å². The molecular formula is C16H19N3O. The normalized spacial score (nSPS) is 22.1. The largest absolute Gasteiger partial charge is 0.352 e. The number of nitrogens with two attached hydrogens (primary N) is 1. The van der Waals surface area contributed by atoms with Crippen LogP contribution in [-0.2, 0) is 0 Å². The van der Waals surface area contributed by atoms with Gasteiger partial charge in [-0.2, -0.15) is 0 Å². The first-order chi connectivity index (χ1) is 9.75. The van der Waals surface area contributed by atoms with Gasteiger partial charge in [-0.25, -0.2) is 0 Å². The quantitative estimate of drug-likeness (QED) is 0.896. The fraction of sp³-hybridized carbons (Fsp3) is 0.375. The Morgan fingerprint density at radius 3 is 3.00 bits per heavy atom. The summed E-state index contributed by atoms with van der Waals surface area (Å²) in [4.78, 5) is 16.6. The van der Waals surface area contributed by atoms with E-state index in [1.807, 2.05) is 30.3 Å². The molecule has 0 bridgehead atoms. The van der Waals surface area contributed by atoms with Gasteiger partial charge < -0.3 is 11.1 Å². The van der Waals surface area contributed by atoms with E-state index in [1.54, 1.807) is 6.20 Å². The Morgan fingerprint density at radius 2 is 2.20 bits per heavy atom. The number of fused-ring (bicyclic) bond motifs is 1. The Kier molecular flexibility index (Phi) is 3.65. The van der Waals surface area contributed by atoms with Crippen molar-refractivity contribution in [1.29, 1.82) is 0 Å². The zero-order valence-corrected chi connectivity index (χ0v) is 11.4. The van der Waals surface area contributed by atoms with Crippen molar-refractivity contribution in [2.75, 3.05) is 6.54 Å². The molecule has 0 radical (unpaired) electrons. The molecule has 1 amide bonds. The van der Waals surface area contributed by atoms with Crippen molar-refractivity contribution in [3.63, 3.8) is 0 Å². The third-order valence-electron chi connectivity index (χ3n) is 4.13. The summed E-state index contributed by atoms with van der Waals surface area (Å²) >= 11 is 0. The predicted molar refractivity (Wildman–Crippen MR) is 79.4 cm³/mol. The molecule has 3 N–H and O–H groups in total. The van der Waals surface area contributed by atoms with Gasteiger partial charge >= 0.3 is 0 Å². The summed E-state index contributed by atoms with van der Waals surface area (Å²) in [6.45, 7) is 0.663. The highest BCUT2D eigenvalue weighted by atomic mass is 16.1. The van der Waals surface area contributed by atoms with E-state index in [4.69, 9.17) is 5.73 Å². The monoisotopic (exact) mass is 269 g/mol. The summed E-state index contributed by atoms with van der Waals surface area (Å²) in [5.41, 5.74) is 7.56. The lowest BCUT2D eigenvalue weighted by Gasteiger charge is -2.16. The van der Waals surface area contributed by atoms with Crippen molar-refractivity contribution in [2.45, 2.75) is 25.3 Å². The number of amides is 1. The molecular weight excluding hydrogens is 250 g/mol. The Bertz CT molecular complexity index is 621. The van der Waals surface area contributed by atoms with Crippen molar-refractivity contribution < 1.29 is 4.79 Å². The van der Waals surface area contributed by atoms with Crippen LogP contribution >= 0.6 is 0 Å². The molecule has 1 heterocycles. The molecule has 20 heavy (non-hydrogen) atoms. The minimum Gasteiger partial charge on any atom is -0.352 e. The fourth-order valence-electron chi connectivity index (χ4n) is 2.94. The van der Waals surface area contributed by atoms with Crippen LogP contribution in [0.25, 0.3) is 10.9 Å². The molecule has 1 fully saturated rings. The molecule has 0 aliphatic heterocycles. The van der Waals surface area contributed by atoms with Gasteiger partial charge in [0, 0.05) is 29.7 Å². The van der Waals surface area contributed by atoms with Gasteiger partial charge in [-0.05, 0) is 37.0 Å². The minimum absolute atomic E-state index is 0.0392. The van der Waals surface area contributed by atoms with Crippen LogP contribution in [0, 0.1) is 5.92 Å². The Hall–Kier alpha value is -1.94. The van der Waals surface area contributed by atoms with Crippen molar-refractivity contribution in [3.05, 3.63) is 42.1 Å². The predicted octanol–water partition coefficient (Wildman–Crippen LogP) is 2.09. The molecule has 3 rings (SSSR count). The summed E-state index contributed by atoms with van der Waals surface area (Å²) in [5.74, 6) is 0.370. The highest BCUT2D eigenvalue weighted by Gasteiger charge is 2.24. The summed E-state index contributed by atoms with van der Waals surface area (Å²) in [7, 11) is 0. The van der Waals surface area contributed by atoms with E-state index in [1.165, 1.54) is 6.42 Å². The van der Waals surface area contributed by atoms with E-state index >= 15 is 0 Å². The zero-order chi connectivity index (χ0) is 13.9. The van der Waals surface area contributed by atoms with E-state index < -0.39 is 0 Å². The second-order valence-corrected chi connectivity index (χ2v) is 5.44. The summed E-state index contributed by atoms with van der Waals surface area (Å²) in [6, 6.07) is 9.63.